The molecule has 9 nitrogen and oxygen atoms in total. The lowest BCUT2D eigenvalue weighted by atomic mass is 10.0. The Morgan fingerprint density at radius 1 is 1.10 bits per heavy atom. The summed E-state index contributed by atoms with van der Waals surface area (Å²) in [6, 6.07) is 16.1. The monoisotopic (exact) mass is 417 g/mol. The van der Waals surface area contributed by atoms with Crippen LogP contribution >= 0.6 is 0 Å². The van der Waals surface area contributed by atoms with Crippen molar-refractivity contribution in [3.05, 3.63) is 72.8 Å². The van der Waals surface area contributed by atoms with E-state index in [1.807, 2.05) is 61.5 Å². The van der Waals surface area contributed by atoms with Crippen molar-refractivity contribution in [1.82, 2.24) is 19.7 Å². The zero-order valence-corrected chi connectivity index (χ0v) is 17.3. The van der Waals surface area contributed by atoms with Crippen LogP contribution in [0.3, 0.4) is 0 Å². The number of carbonyl (C=O) groups is 2. The van der Waals surface area contributed by atoms with Gasteiger partial charge in [0.2, 0.25) is 5.91 Å². The standard InChI is InChI=1S/C22H23N7O2/c1-15(16-8-10-17(11-9-16)28-14-24-13-25-28)27(2)22(31)19-12-20(21(23)30)29(26-19)18-6-4-3-5-7-18/h3-11,13-15,20H,12H2,1-2H3,(H2,23,30). The van der Waals surface area contributed by atoms with Crippen molar-refractivity contribution in [1.29, 1.82) is 0 Å². The van der Waals surface area contributed by atoms with Gasteiger partial charge in [0.15, 0.2) is 0 Å². The summed E-state index contributed by atoms with van der Waals surface area (Å²) in [5.41, 5.74) is 8.44. The molecule has 0 saturated heterocycles. The van der Waals surface area contributed by atoms with Gasteiger partial charge in [-0.1, -0.05) is 30.3 Å². The summed E-state index contributed by atoms with van der Waals surface area (Å²) in [5.74, 6) is -0.757. The third-order valence-corrected chi connectivity index (χ3v) is 5.47. The summed E-state index contributed by atoms with van der Waals surface area (Å²) in [4.78, 5) is 30.7. The second kappa shape index (κ2) is 8.39. The van der Waals surface area contributed by atoms with Crippen LogP contribution in [0.15, 0.2) is 72.4 Å². The van der Waals surface area contributed by atoms with Gasteiger partial charge in [-0.3, -0.25) is 14.6 Å². The summed E-state index contributed by atoms with van der Waals surface area (Å²) in [7, 11) is 1.73. The molecular formula is C22H23N7O2. The first kappa shape index (κ1) is 20.3. The molecule has 0 radical (unpaired) electrons. The van der Waals surface area contributed by atoms with Crippen LogP contribution in [0.5, 0.6) is 0 Å². The van der Waals surface area contributed by atoms with Gasteiger partial charge in [0.1, 0.15) is 24.4 Å². The van der Waals surface area contributed by atoms with Gasteiger partial charge in [0.25, 0.3) is 5.91 Å². The number of amides is 2. The van der Waals surface area contributed by atoms with E-state index in [-0.39, 0.29) is 18.4 Å². The minimum absolute atomic E-state index is 0.172. The van der Waals surface area contributed by atoms with Gasteiger partial charge in [-0.15, -0.1) is 0 Å². The molecule has 2 N–H and O–H groups in total. The molecule has 1 aliphatic rings. The fourth-order valence-corrected chi connectivity index (χ4v) is 3.53. The number of primary amides is 1. The molecule has 158 valence electrons. The number of hydrogen-bond acceptors (Lipinski definition) is 6. The number of nitrogens with two attached hydrogens (primary N) is 1. The summed E-state index contributed by atoms with van der Waals surface area (Å²) >= 11 is 0. The van der Waals surface area contributed by atoms with Crippen molar-refractivity contribution in [2.75, 3.05) is 12.1 Å². The Morgan fingerprint density at radius 2 is 1.81 bits per heavy atom. The first-order valence-electron chi connectivity index (χ1n) is 9.89. The molecule has 31 heavy (non-hydrogen) atoms. The highest BCUT2D eigenvalue weighted by molar-refractivity contribution is 6.40. The summed E-state index contributed by atoms with van der Waals surface area (Å²) < 4.78 is 1.67. The molecule has 2 aromatic carbocycles. The summed E-state index contributed by atoms with van der Waals surface area (Å²) in [5, 5.41) is 10.1. The number of hydrogen-bond donors (Lipinski definition) is 1. The average molecular weight is 417 g/mol. The highest BCUT2D eigenvalue weighted by Gasteiger charge is 2.36. The molecule has 0 bridgehead atoms. The Balaban J connectivity index is 1.52. The van der Waals surface area contributed by atoms with Crippen LogP contribution < -0.4 is 10.7 Å². The third-order valence-electron chi connectivity index (χ3n) is 5.47. The fourth-order valence-electron chi connectivity index (χ4n) is 3.53. The minimum atomic E-state index is -0.688. The number of anilines is 1. The number of benzene rings is 2. The highest BCUT2D eigenvalue weighted by atomic mass is 16.2. The van der Waals surface area contributed by atoms with E-state index in [1.54, 1.807) is 23.0 Å². The predicted molar refractivity (Wildman–Crippen MR) is 116 cm³/mol. The van der Waals surface area contributed by atoms with Crippen molar-refractivity contribution in [3.8, 4) is 5.69 Å². The molecule has 2 unspecified atom stereocenters. The van der Waals surface area contributed by atoms with Crippen LogP contribution in [0.1, 0.15) is 24.9 Å². The third kappa shape index (κ3) is 4.02. The summed E-state index contributed by atoms with van der Waals surface area (Å²) in [6.45, 7) is 1.94. The largest absolute Gasteiger partial charge is 0.368 e. The van der Waals surface area contributed by atoms with Gasteiger partial charge < -0.3 is 10.6 Å². The maximum atomic E-state index is 13.2. The SMILES string of the molecule is CC(c1ccc(-n2cncn2)cc1)N(C)C(=O)C1=NN(c2ccccc2)C(C(N)=O)C1. The predicted octanol–water partition coefficient (Wildman–Crippen LogP) is 1.91. The van der Waals surface area contributed by atoms with Gasteiger partial charge >= 0.3 is 0 Å². The van der Waals surface area contributed by atoms with E-state index in [2.05, 4.69) is 15.2 Å². The maximum absolute atomic E-state index is 13.2. The molecule has 0 saturated carbocycles. The highest BCUT2D eigenvalue weighted by Crippen LogP contribution is 2.27. The Morgan fingerprint density at radius 3 is 2.42 bits per heavy atom. The van der Waals surface area contributed by atoms with Crippen LogP contribution in [0.25, 0.3) is 5.69 Å². The molecule has 2 heterocycles. The van der Waals surface area contributed by atoms with Crippen LogP contribution in [-0.2, 0) is 9.59 Å². The second-order valence-electron chi connectivity index (χ2n) is 7.37. The molecule has 2 amide bonds. The van der Waals surface area contributed by atoms with Gasteiger partial charge in [0.05, 0.1) is 17.4 Å². The number of carbonyl (C=O) groups excluding carboxylic acids is 2. The van der Waals surface area contributed by atoms with Gasteiger partial charge in [0, 0.05) is 13.5 Å². The first-order valence-corrected chi connectivity index (χ1v) is 9.89. The Bertz CT molecular complexity index is 1090. The van der Waals surface area contributed by atoms with E-state index >= 15 is 0 Å². The molecule has 1 aromatic heterocycles. The van der Waals surface area contributed by atoms with Crippen LogP contribution in [0.2, 0.25) is 0 Å². The molecule has 3 aromatic rings. The first-order chi connectivity index (χ1) is 15.0. The number of para-hydroxylation sites is 1. The van der Waals surface area contributed by atoms with E-state index in [0.29, 0.717) is 11.4 Å². The molecule has 2 atom stereocenters. The number of hydrazone groups is 1. The van der Waals surface area contributed by atoms with Crippen LogP contribution in [0, 0.1) is 0 Å². The Kier molecular flexibility index (Phi) is 5.48. The molecule has 0 fully saturated rings. The van der Waals surface area contributed by atoms with E-state index in [1.165, 1.54) is 11.3 Å². The Hall–Kier alpha value is -4.01. The molecular weight excluding hydrogens is 394 g/mol. The lowest BCUT2D eigenvalue weighted by molar-refractivity contribution is -0.124. The quantitative estimate of drug-likeness (QED) is 0.659. The van der Waals surface area contributed by atoms with Crippen molar-refractivity contribution >= 4 is 23.2 Å². The normalized spacial score (nSPS) is 16.6. The van der Waals surface area contributed by atoms with E-state index in [0.717, 1.165) is 11.3 Å². The van der Waals surface area contributed by atoms with Crippen LogP contribution in [0.4, 0.5) is 5.69 Å². The second-order valence-corrected chi connectivity index (χ2v) is 7.37. The van der Waals surface area contributed by atoms with Crippen molar-refractivity contribution in [2.45, 2.75) is 25.4 Å². The molecule has 4 rings (SSSR count). The van der Waals surface area contributed by atoms with Crippen LogP contribution in [-0.4, -0.2) is 50.3 Å². The number of aromatic nitrogens is 3. The molecule has 0 spiro atoms. The lowest BCUT2D eigenvalue weighted by Gasteiger charge is -2.25. The zero-order valence-electron chi connectivity index (χ0n) is 17.3. The molecule has 1 aliphatic heterocycles. The average Bonchev–Trinajstić information content (AvgIpc) is 3.49. The maximum Gasteiger partial charge on any atom is 0.270 e. The van der Waals surface area contributed by atoms with Gasteiger partial charge in [-0.05, 0) is 36.8 Å². The number of rotatable bonds is 6. The van der Waals surface area contributed by atoms with E-state index in [9.17, 15) is 9.59 Å². The molecule has 0 aliphatic carbocycles. The number of nitrogens with zero attached hydrogens (tertiary/aromatic N) is 6. The fraction of sp³-hybridized carbons (Fsp3) is 0.227. The topological polar surface area (TPSA) is 110 Å². The van der Waals surface area contributed by atoms with Crippen molar-refractivity contribution in [2.24, 2.45) is 10.8 Å². The van der Waals surface area contributed by atoms with Crippen molar-refractivity contribution < 1.29 is 9.59 Å². The van der Waals surface area contributed by atoms with Gasteiger partial charge in [-0.2, -0.15) is 10.2 Å². The van der Waals surface area contributed by atoms with Crippen molar-refractivity contribution in [3.63, 3.8) is 0 Å². The zero-order chi connectivity index (χ0) is 22.0. The smallest absolute Gasteiger partial charge is 0.270 e. The van der Waals surface area contributed by atoms with E-state index < -0.39 is 11.9 Å². The van der Waals surface area contributed by atoms with Gasteiger partial charge in [-0.25, -0.2) is 9.67 Å². The summed E-state index contributed by atoms with van der Waals surface area (Å²) in [6.07, 6.45) is 3.27. The Labute approximate surface area is 179 Å². The molecule has 9 heteroatoms. The minimum Gasteiger partial charge on any atom is -0.368 e. The van der Waals surface area contributed by atoms with E-state index in [4.69, 9.17) is 5.73 Å². The lowest BCUT2D eigenvalue weighted by Crippen LogP contribution is -2.40.